The largest absolute Gasteiger partial charge is 0.370 e. The van der Waals surface area contributed by atoms with Crippen molar-refractivity contribution >= 4 is 17.6 Å². The second kappa shape index (κ2) is 6.20. The first kappa shape index (κ1) is 12.6. The number of pyridine rings is 1. The predicted octanol–water partition coefficient (Wildman–Crippen LogP) is 2.14. The fourth-order valence-corrected chi connectivity index (χ4v) is 2.13. The third-order valence-electron chi connectivity index (χ3n) is 2.15. The molecule has 2 aromatic rings. The molecule has 0 aliphatic rings. The Morgan fingerprint density at radius 2 is 2.17 bits per heavy atom. The van der Waals surface area contributed by atoms with Gasteiger partial charge in [0.05, 0.1) is 0 Å². The van der Waals surface area contributed by atoms with Crippen molar-refractivity contribution in [1.29, 1.82) is 0 Å². The number of anilines is 1. The second-order valence-electron chi connectivity index (χ2n) is 3.64. The highest BCUT2D eigenvalue weighted by Crippen LogP contribution is 2.24. The van der Waals surface area contributed by atoms with Crippen LogP contribution in [0.15, 0.2) is 45.4 Å². The zero-order chi connectivity index (χ0) is 12.8. The maximum Gasteiger partial charge on any atom is 0.251 e. The highest BCUT2D eigenvalue weighted by atomic mass is 32.2. The van der Waals surface area contributed by atoms with Gasteiger partial charge < -0.3 is 10.3 Å². The number of H-pyrrole nitrogens is 1. The first-order chi connectivity index (χ1) is 8.78. The molecule has 0 fully saturated rings. The molecule has 0 radical (unpaired) electrons. The van der Waals surface area contributed by atoms with Crippen molar-refractivity contribution in [2.75, 3.05) is 11.9 Å². The summed E-state index contributed by atoms with van der Waals surface area (Å²) in [6.45, 7) is 2.99. The molecule has 0 aromatic carbocycles. The first-order valence-corrected chi connectivity index (χ1v) is 6.52. The van der Waals surface area contributed by atoms with Crippen molar-refractivity contribution in [2.24, 2.45) is 0 Å². The van der Waals surface area contributed by atoms with E-state index in [1.165, 1.54) is 24.0 Å². The minimum atomic E-state index is -0.147. The SMILES string of the molecule is CCCNc1cc(Sc2nccc(=O)[nH]2)ccn1. The normalized spacial score (nSPS) is 10.3. The summed E-state index contributed by atoms with van der Waals surface area (Å²) >= 11 is 1.40. The van der Waals surface area contributed by atoms with Crippen LogP contribution >= 0.6 is 11.8 Å². The Morgan fingerprint density at radius 1 is 1.33 bits per heavy atom. The van der Waals surface area contributed by atoms with Gasteiger partial charge in [0.1, 0.15) is 5.82 Å². The van der Waals surface area contributed by atoms with Crippen LogP contribution in [0.2, 0.25) is 0 Å². The van der Waals surface area contributed by atoms with Gasteiger partial charge in [-0.1, -0.05) is 18.7 Å². The molecule has 0 spiro atoms. The van der Waals surface area contributed by atoms with Crippen LogP contribution in [0.3, 0.4) is 0 Å². The molecule has 0 saturated carbocycles. The Kier molecular flexibility index (Phi) is 4.35. The van der Waals surface area contributed by atoms with Crippen LogP contribution in [0.1, 0.15) is 13.3 Å². The molecule has 0 bridgehead atoms. The monoisotopic (exact) mass is 262 g/mol. The fourth-order valence-electron chi connectivity index (χ4n) is 1.34. The minimum Gasteiger partial charge on any atom is -0.370 e. The highest BCUT2D eigenvalue weighted by molar-refractivity contribution is 7.99. The second-order valence-corrected chi connectivity index (χ2v) is 4.71. The van der Waals surface area contributed by atoms with Crippen LogP contribution in [0.5, 0.6) is 0 Å². The zero-order valence-electron chi connectivity index (χ0n) is 10.0. The number of nitrogens with one attached hydrogen (secondary N) is 2. The Labute approximate surface area is 109 Å². The summed E-state index contributed by atoms with van der Waals surface area (Å²) in [6, 6.07) is 5.22. The molecule has 2 aromatic heterocycles. The molecule has 0 amide bonds. The summed E-state index contributed by atoms with van der Waals surface area (Å²) in [5.41, 5.74) is -0.147. The summed E-state index contributed by atoms with van der Waals surface area (Å²) in [5.74, 6) is 0.833. The van der Waals surface area contributed by atoms with Crippen LogP contribution in [0.25, 0.3) is 0 Å². The molecule has 2 rings (SSSR count). The third-order valence-corrected chi connectivity index (χ3v) is 3.04. The maximum absolute atomic E-state index is 11.2. The Bertz CT molecular complexity index is 570. The van der Waals surface area contributed by atoms with Crippen molar-refractivity contribution in [3.05, 3.63) is 40.9 Å². The van der Waals surface area contributed by atoms with E-state index in [-0.39, 0.29) is 5.56 Å². The van der Waals surface area contributed by atoms with E-state index in [0.717, 1.165) is 23.7 Å². The van der Waals surface area contributed by atoms with E-state index in [1.807, 2.05) is 12.1 Å². The fraction of sp³-hybridized carbons (Fsp3) is 0.250. The third kappa shape index (κ3) is 3.59. The molecule has 0 unspecified atom stereocenters. The van der Waals surface area contributed by atoms with Crippen LogP contribution in [-0.2, 0) is 0 Å². The highest BCUT2D eigenvalue weighted by Gasteiger charge is 2.01. The van der Waals surface area contributed by atoms with E-state index in [0.29, 0.717) is 5.16 Å². The average Bonchev–Trinajstić information content (AvgIpc) is 2.37. The lowest BCUT2D eigenvalue weighted by molar-refractivity contribution is 0.936. The van der Waals surface area contributed by atoms with E-state index in [4.69, 9.17) is 0 Å². The summed E-state index contributed by atoms with van der Waals surface area (Å²) in [4.78, 5) is 23.1. The van der Waals surface area contributed by atoms with Gasteiger partial charge in [0.15, 0.2) is 5.16 Å². The van der Waals surface area contributed by atoms with E-state index < -0.39 is 0 Å². The Balaban J connectivity index is 2.11. The van der Waals surface area contributed by atoms with E-state index in [2.05, 4.69) is 27.2 Å². The molecule has 2 N–H and O–H groups in total. The van der Waals surface area contributed by atoms with Gasteiger partial charge >= 0.3 is 0 Å². The smallest absolute Gasteiger partial charge is 0.251 e. The Hall–Kier alpha value is -1.82. The van der Waals surface area contributed by atoms with E-state index in [9.17, 15) is 4.79 Å². The number of hydrogen-bond acceptors (Lipinski definition) is 5. The maximum atomic E-state index is 11.2. The molecule has 0 aliphatic carbocycles. The van der Waals surface area contributed by atoms with Gasteiger partial charge in [-0.2, -0.15) is 0 Å². The number of nitrogens with zero attached hydrogens (tertiary/aromatic N) is 2. The van der Waals surface area contributed by atoms with Crippen molar-refractivity contribution < 1.29 is 0 Å². The summed E-state index contributed by atoms with van der Waals surface area (Å²) < 4.78 is 0. The number of aromatic nitrogens is 3. The van der Waals surface area contributed by atoms with Gasteiger partial charge in [0.25, 0.3) is 5.56 Å². The van der Waals surface area contributed by atoms with Gasteiger partial charge in [-0.05, 0) is 18.6 Å². The molecule has 18 heavy (non-hydrogen) atoms. The minimum absolute atomic E-state index is 0.147. The zero-order valence-corrected chi connectivity index (χ0v) is 10.8. The van der Waals surface area contributed by atoms with Gasteiger partial charge in [-0.3, -0.25) is 4.79 Å². The molecule has 6 heteroatoms. The lowest BCUT2D eigenvalue weighted by Crippen LogP contribution is -2.05. The van der Waals surface area contributed by atoms with Gasteiger partial charge in [0, 0.05) is 29.9 Å². The molecular formula is C12H14N4OS. The lowest BCUT2D eigenvalue weighted by Gasteiger charge is -2.05. The molecule has 94 valence electrons. The van der Waals surface area contributed by atoms with Crippen molar-refractivity contribution in [2.45, 2.75) is 23.4 Å². The van der Waals surface area contributed by atoms with E-state index in [1.54, 1.807) is 6.20 Å². The summed E-state index contributed by atoms with van der Waals surface area (Å²) in [5, 5.41) is 3.79. The lowest BCUT2D eigenvalue weighted by atomic mass is 10.4. The molecule has 2 heterocycles. The molecule has 0 atom stereocenters. The summed E-state index contributed by atoms with van der Waals surface area (Å²) in [7, 11) is 0. The number of rotatable bonds is 5. The predicted molar refractivity (Wildman–Crippen MR) is 72.0 cm³/mol. The molecule has 0 saturated heterocycles. The number of aromatic amines is 1. The average molecular weight is 262 g/mol. The van der Waals surface area contributed by atoms with E-state index >= 15 is 0 Å². The van der Waals surface area contributed by atoms with Crippen molar-refractivity contribution in [1.82, 2.24) is 15.0 Å². The van der Waals surface area contributed by atoms with Gasteiger partial charge in [-0.25, -0.2) is 9.97 Å². The van der Waals surface area contributed by atoms with Crippen LogP contribution < -0.4 is 10.9 Å². The topological polar surface area (TPSA) is 70.7 Å². The first-order valence-electron chi connectivity index (χ1n) is 5.71. The van der Waals surface area contributed by atoms with Crippen LogP contribution in [0.4, 0.5) is 5.82 Å². The molecule has 5 nitrogen and oxygen atoms in total. The van der Waals surface area contributed by atoms with Crippen LogP contribution in [0, 0.1) is 0 Å². The Morgan fingerprint density at radius 3 is 2.94 bits per heavy atom. The quantitative estimate of drug-likeness (QED) is 0.808. The van der Waals surface area contributed by atoms with Crippen LogP contribution in [-0.4, -0.2) is 21.5 Å². The van der Waals surface area contributed by atoms with Crippen molar-refractivity contribution in [3.63, 3.8) is 0 Å². The van der Waals surface area contributed by atoms with Gasteiger partial charge in [0.2, 0.25) is 0 Å². The van der Waals surface area contributed by atoms with Crippen molar-refractivity contribution in [3.8, 4) is 0 Å². The standard InChI is InChI=1S/C12H14N4OS/c1-2-5-13-10-8-9(3-6-14-10)18-12-15-7-4-11(17)16-12/h3-4,6-8H,2,5H2,1H3,(H,13,14)(H,15,16,17). The molecular weight excluding hydrogens is 248 g/mol. The molecule has 0 aliphatic heterocycles. The number of hydrogen-bond donors (Lipinski definition) is 2. The van der Waals surface area contributed by atoms with Gasteiger partial charge in [-0.15, -0.1) is 0 Å². The summed E-state index contributed by atoms with van der Waals surface area (Å²) in [6.07, 6.45) is 4.28.